The zero-order valence-corrected chi connectivity index (χ0v) is 14.4. The monoisotopic (exact) mass is 339 g/mol. The van der Waals surface area contributed by atoms with Crippen molar-refractivity contribution < 1.29 is 19.1 Å². The molecule has 1 aromatic rings. The van der Waals surface area contributed by atoms with Gasteiger partial charge in [-0.2, -0.15) is 0 Å². The highest BCUT2D eigenvalue weighted by atomic mass is 32.1. The Morgan fingerprint density at radius 2 is 1.74 bits per heavy atom. The fraction of sp³-hybridized carbons (Fsp3) is 0.400. The van der Waals surface area contributed by atoms with Gasteiger partial charge in [0.25, 0.3) is 5.91 Å². The molecular weight excluding hydrogens is 318 g/mol. The number of methoxy groups -OCH3 is 1. The topological polar surface area (TPSA) is 88.7 Å². The molecule has 23 heavy (non-hydrogen) atoms. The maximum absolute atomic E-state index is 11.7. The minimum Gasteiger partial charge on any atom is -0.493 e. The van der Waals surface area contributed by atoms with E-state index >= 15 is 0 Å². The molecule has 0 aliphatic heterocycles. The quantitative estimate of drug-likeness (QED) is 0.563. The Balaban J connectivity index is 2.37. The number of carbonyl (C=O) groups excluding carboxylic acids is 2. The molecule has 0 unspecified atom stereocenters. The average Bonchev–Trinajstić information content (AvgIpc) is 2.50. The van der Waals surface area contributed by atoms with E-state index in [4.69, 9.17) is 21.7 Å². The lowest BCUT2D eigenvalue weighted by molar-refractivity contribution is -0.127. The van der Waals surface area contributed by atoms with Crippen LogP contribution in [0, 0.1) is 5.41 Å². The van der Waals surface area contributed by atoms with Crippen LogP contribution in [0.25, 0.3) is 0 Å². The largest absolute Gasteiger partial charge is 0.493 e. The first-order valence-electron chi connectivity index (χ1n) is 6.90. The third-order valence-corrected chi connectivity index (χ3v) is 2.86. The number of amides is 2. The summed E-state index contributed by atoms with van der Waals surface area (Å²) in [6.45, 7) is 5.03. The van der Waals surface area contributed by atoms with Crippen LogP contribution < -0.4 is 25.6 Å². The molecule has 0 fully saturated rings. The molecule has 1 aromatic carbocycles. The van der Waals surface area contributed by atoms with E-state index in [1.165, 1.54) is 7.11 Å². The Hall–Kier alpha value is -2.35. The fourth-order valence-electron chi connectivity index (χ4n) is 1.37. The van der Waals surface area contributed by atoms with E-state index in [1.807, 2.05) is 0 Å². The van der Waals surface area contributed by atoms with Gasteiger partial charge < -0.3 is 14.8 Å². The molecule has 0 aromatic heterocycles. The summed E-state index contributed by atoms with van der Waals surface area (Å²) in [5, 5.41) is 2.48. The van der Waals surface area contributed by atoms with Crippen LogP contribution in [0.1, 0.15) is 20.8 Å². The van der Waals surface area contributed by atoms with Gasteiger partial charge in [-0.25, -0.2) is 0 Å². The van der Waals surface area contributed by atoms with Crippen LogP contribution in [0.4, 0.5) is 0 Å². The van der Waals surface area contributed by atoms with Crippen molar-refractivity contribution in [3.63, 3.8) is 0 Å². The summed E-state index contributed by atoms with van der Waals surface area (Å²) < 4.78 is 10.5. The molecule has 8 heteroatoms. The number of ether oxygens (including phenoxy) is 2. The molecule has 0 atom stereocenters. The normalized spacial score (nSPS) is 10.4. The second-order valence-corrected chi connectivity index (χ2v) is 6.05. The molecule has 2 amide bonds. The molecule has 0 heterocycles. The van der Waals surface area contributed by atoms with Gasteiger partial charge in [0.15, 0.2) is 23.2 Å². The van der Waals surface area contributed by atoms with Crippen molar-refractivity contribution in [1.29, 1.82) is 0 Å². The minimum absolute atomic E-state index is 0.00978. The summed E-state index contributed by atoms with van der Waals surface area (Å²) in [7, 11) is 1.51. The van der Waals surface area contributed by atoms with E-state index in [0.717, 1.165) is 0 Å². The third kappa shape index (κ3) is 6.52. The number of benzene rings is 1. The number of thiocarbonyl (C=S) groups is 1. The average molecular weight is 339 g/mol. The summed E-state index contributed by atoms with van der Waals surface area (Å²) in [4.78, 5) is 23.4. The Morgan fingerprint density at radius 3 is 2.30 bits per heavy atom. The molecule has 0 aliphatic carbocycles. The van der Waals surface area contributed by atoms with Crippen molar-refractivity contribution in [2.75, 3.05) is 13.7 Å². The summed E-state index contributed by atoms with van der Waals surface area (Å²) >= 11 is 4.92. The van der Waals surface area contributed by atoms with Crippen molar-refractivity contribution >= 4 is 29.1 Å². The molecule has 0 aliphatic rings. The Kier molecular flexibility index (Phi) is 6.77. The van der Waals surface area contributed by atoms with Crippen molar-refractivity contribution in [3.05, 3.63) is 24.3 Å². The maximum atomic E-state index is 11.7. The van der Waals surface area contributed by atoms with Gasteiger partial charge in [0.05, 0.1) is 7.11 Å². The van der Waals surface area contributed by atoms with Crippen molar-refractivity contribution in [2.24, 2.45) is 5.41 Å². The molecule has 0 radical (unpaired) electrons. The Labute approximate surface area is 140 Å². The summed E-state index contributed by atoms with van der Waals surface area (Å²) in [5.41, 5.74) is 4.19. The standard InChI is InChI=1S/C15H21N3O4S/c1-15(2,3)13(20)16-14(23)18-17-12(19)9-22-11-8-6-5-7-10(11)21-4/h5-8H,9H2,1-4H3,(H,17,19)(H2,16,18,20,23). The smallest absolute Gasteiger partial charge is 0.276 e. The molecule has 0 bridgehead atoms. The van der Waals surface area contributed by atoms with E-state index < -0.39 is 11.3 Å². The summed E-state index contributed by atoms with van der Waals surface area (Å²) in [5.74, 6) is 0.271. The highest BCUT2D eigenvalue weighted by Crippen LogP contribution is 2.25. The molecule has 7 nitrogen and oxygen atoms in total. The van der Waals surface area contributed by atoms with Gasteiger partial charge in [-0.05, 0) is 24.4 Å². The first kappa shape index (κ1) is 18.7. The highest BCUT2D eigenvalue weighted by molar-refractivity contribution is 7.80. The Bertz CT molecular complexity index is 584. The fourth-order valence-corrected chi connectivity index (χ4v) is 1.51. The van der Waals surface area contributed by atoms with Crippen LogP contribution in [0.15, 0.2) is 24.3 Å². The summed E-state index contributed by atoms with van der Waals surface area (Å²) in [6.07, 6.45) is 0. The lowest BCUT2D eigenvalue weighted by Crippen LogP contribution is -2.51. The number of para-hydroxylation sites is 2. The lowest BCUT2D eigenvalue weighted by atomic mass is 9.96. The molecule has 1 rings (SSSR count). The van der Waals surface area contributed by atoms with Crippen LogP contribution in [0.3, 0.4) is 0 Å². The van der Waals surface area contributed by atoms with Gasteiger partial charge in [0.2, 0.25) is 5.91 Å². The van der Waals surface area contributed by atoms with E-state index in [1.54, 1.807) is 45.0 Å². The molecule has 0 spiro atoms. The van der Waals surface area contributed by atoms with Crippen molar-refractivity contribution in [2.45, 2.75) is 20.8 Å². The molecule has 3 N–H and O–H groups in total. The third-order valence-electron chi connectivity index (χ3n) is 2.65. The number of hydrogen-bond acceptors (Lipinski definition) is 5. The minimum atomic E-state index is -0.581. The predicted octanol–water partition coefficient (Wildman–Crippen LogP) is 1.14. The molecular formula is C15H21N3O4S. The SMILES string of the molecule is COc1ccccc1OCC(=O)NNC(=S)NC(=O)C(C)(C)C. The number of hydrogen-bond donors (Lipinski definition) is 3. The Morgan fingerprint density at radius 1 is 1.13 bits per heavy atom. The van der Waals surface area contributed by atoms with E-state index in [2.05, 4.69) is 16.2 Å². The van der Waals surface area contributed by atoms with Gasteiger partial charge >= 0.3 is 0 Å². The van der Waals surface area contributed by atoms with Crippen molar-refractivity contribution in [1.82, 2.24) is 16.2 Å². The first-order chi connectivity index (χ1) is 10.7. The van der Waals surface area contributed by atoms with E-state index in [0.29, 0.717) is 11.5 Å². The van der Waals surface area contributed by atoms with Gasteiger partial charge in [0, 0.05) is 5.41 Å². The zero-order valence-electron chi connectivity index (χ0n) is 13.6. The van der Waals surface area contributed by atoms with E-state index in [9.17, 15) is 9.59 Å². The van der Waals surface area contributed by atoms with Crippen LogP contribution in [-0.4, -0.2) is 30.6 Å². The number of rotatable bonds is 4. The lowest BCUT2D eigenvalue weighted by Gasteiger charge is -2.18. The summed E-state index contributed by atoms with van der Waals surface area (Å²) in [6, 6.07) is 6.98. The number of hydrazine groups is 1. The molecule has 0 saturated heterocycles. The van der Waals surface area contributed by atoms with Crippen molar-refractivity contribution in [3.8, 4) is 11.5 Å². The maximum Gasteiger partial charge on any atom is 0.276 e. The number of carbonyl (C=O) groups is 2. The zero-order chi connectivity index (χ0) is 17.5. The first-order valence-corrected chi connectivity index (χ1v) is 7.31. The van der Waals surface area contributed by atoms with Gasteiger partial charge in [-0.1, -0.05) is 32.9 Å². The van der Waals surface area contributed by atoms with E-state index in [-0.39, 0.29) is 17.6 Å². The van der Waals surface area contributed by atoms with Crippen LogP contribution in [-0.2, 0) is 9.59 Å². The van der Waals surface area contributed by atoms with Gasteiger partial charge in [0.1, 0.15) is 0 Å². The van der Waals surface area contributed by atoms with Crippen LogP contribution in [0.2, 0.25) is 0 Å². The van der Waals surface area contributed by atoms with Gasteiger partial charge in [-0.3, -0.25) is 20.4 Å². The van der Waals surface area contributed by atoms with Crippen LogP contribution in [0.5, 0.6) is 11.5 Å². The predicted molar refractivity (Wildman–Crippen MR) is 90.0 cm³/mol. The van der Waals surface area contributed by atoms with Crippen LogP contribution >= 0.6 is 12.2 Å². The number of nitrogens with one attached hydrogen (secondary N) is 3. The highest BCUT2D eigenvalue weighted by Gasteiger charge is 2.22. The second kappa shape index (κ2) is 8.33. The van der Waals surface area contributed by atoms with Gasteiger partial charge in [-0.15, -0.1) is 0 Å². The molecule has 126 valence electrons. The molecule has 0 saturated carbocycles. The second-order valence-electron chi connectivity index (χ2n) is 5.65.